The number of hydrogen-bond donors (Lipinski definition) is 2. The second kappa shape index (κ2) is 3.95. The Labute approximate surface area is 79.5 Å². The van der Waals surface area contributed by atoms with Crippen molar-refractivity contribution in [3.05, 3.63) is 0 Å². The zero-order chi connectivity index (χ0) is 9.15. The van der Waals surface area contributed by atoms with E-state index in [-0.39, 0.29) is 5.72 Å². The molecule has 3 heteroatoms. The van der Waals surface area contributed by atoms with Gasteiger partial charge in [0.15, 0.2) is 0 Å². The van der Waals surface area contributed by atoms with Gasteiger partial charge in [0, 0.05) is 6.61 Å². The minimum atomic E-state index is -0.0239. The maximum absolute atomic E-state index is 9.02. The molecule has 0 atom stereocenters. The van der Waals surface area contributed by atoms with Crippen LogP contribution in [0.3, 0.4) is 0 Å². The quantitative estimate of drug-likeness (QED) is 0.637. The Morgan fingerprint density at radius 2 is 2.15 bits per heavy atom. The molecule has 1 aliphatic carbocycles. The molecule has 1 saturated carbocycles. The van der Waals surface area contributed by atoms with Crippen LogP contribution in [0.1, 0.15) is 32.1 Å². The largest absolute Gasteiger partial charge is 0.396 e. The second-order valence-electron chi connectivity index (χ2n) is 4.25. The monoisotopic (exact) mass is 185 g/mol. The molecule has 0 aromatic heterocycles. The molecule has 1 heterocycles. The molecule has 0 amide bonds. The van der Waals surface area contributed by atoms with E-state index in [9.17, 15) is 0 Å². The molecule has 2 aliphatic rings. The first-order chi connectivity index (χ1) is 6.35. The predicted molar refractivity (Wildman–Crippen MR) is 50.3 cm³/mol. The number of rotatable bonds is 1. The molecule has 0 bridgehead atoms. The Morgan fingerprint density at radius 3 is 2.69 bits per heavy atom. The molecule has 2 rings (SSSR count). The van der Waals surface area contributed by atoms with Gasteiger partial charge in [-0.2, -0.15) is 0 Å². The van der Waals surface area contributed by atoms with Crippen molar-refractivity contribution in [1.29, 1.82) is 0 Å². The molecule has 0 aromatic carbocycles. The average Bonchev–Trinajstić information content (AvgIpc) is 2.20. The zero-order valence-electron chi connectivity index (χ0n) is 8.09. The minimum Gasteiger partial charge on any atom is -0.396 e. The van der Waals surface area contributed by atoms with Gasteiger partial charge in [-0.15, -0.1) is 0 Å². The molecule has 76 valence electrons. The van der Waals surface area contributed by atoms with Crippen LogP contribution < -0.4 is 5.32 Å². The molecule has 1 saturated heterocycles. The maximum Gasteiger partial charge on any atom is 0.119 e. The highest BCUT2D eigenvalue weighted by molar-refractivity contribution is 4.86. The van der Waals surface area contributed by atoms with Gasteiger partial charge in [-0.3, -0.25) is 5.32 Å². The van der Waals surface area contributed by atoms with Crippen molar-refractivity contribution >= 4 is 0 Å². The van der Waals surface area contributed by atoms with E-state index in [0.717, 1.165) is 45.3 Å². The molecular formula is C10H19NO2. The SMILES string of the molecule is OCC1CCC2(CC1)NCCCO2. The van der Waals surface area contributed by atoms with Gasteiger partial charge in [-0.25, -0.2) is 0 Å². The first kappa shape index (κ1) is 9.44. The van der Waals surface area contributed by atoms with Gasteiger partial charge in [0.25, 0.3) is 0 Å². The summed E-state index contributed by atoms with van der Waals surface area (Å²) in [6.07, 6.45) is 5.47. The van der Waals surface area contributed by atoms with E-state index in [1.165, 1.54) is 0 Å². The Morgan fingerprint density at radius 1 is 1.38 bits per heavy atom. The van der Waals surface area contributed by atoms with Gasteiger partial charge in [-0.1, -0.05) is 0 Å². The first-order valence-electron chi connectivity index (χ1n) is 5.34. The minimum absolute atomic E-state index is 0.0239. The van der Waals surface area contributed by atoms with Crippen molar-refractivity contribution in [3.8, 4) is 0 Å². The molecule has 0 aromatic rings. The van der Waals surface area contributed by atoms with Gasteiger partial charge in [0.05, 0.1) is 6.61 Å². The Bertz CT molecular complexity index is 156. The normalized spacial score (nSPS) is 40.8. The maximum atomic E-state index is 9.02. The number of aliphatic hydroxyl groups excluding tert-OH is 1. The van der Waals surface area contributed by atoms with Crippen LogP contribution in [-0.2, 0) is 4.74 Å². The van der Waals surface area contributed by atoms with Crippen molar-refractivity contribution in [2.45, 2.75) is 37.8 Å². The lowest BCUT2D eigenvalue weighted by Gasteiger charge is -2.43. The molecule has 13 heavy (non-hydrogen) atoms. The van der Waals surface area contributed by atoms with Crippen LogP contribution in [0, 0.1) is 5.92 Å². The third kappa shape index (κ3) is 2.03. The van der Waals surface area contributed by atoms with Crippen molar-refractivity contribution in [3.63, 3.8) is 0 Å². The van der Waals surface area contributed by atoms with E-state index in [4.69, 9.17) is 9.84 Å². The van der Waals surface area contributed by atoms with Gasteiger partial charge in [-0.05, 0) is 44.6 Å². The number of hydrogen-bond acceptors (Lipinski definition) is 3. The standard InChI is InChI=1S/C10H19NO2/c12-8-9-2-4-10(5-3-9)11-6-1-7-13-10/h9,11-12H,1-8H2. The number of ether oxygens (including phenoxy) is 1. The summed E-state index contributed by atoms with van der Waals surface area (Å²) < 4.78 is 5.81. The van der Waals surface area contributed by atoms with Crippen molar-refractivity contribution < 1.29 is 9.84 Å². The number of nitrogens with one attached hydrogen (secondary N) is 1. The molecule has 1 spiro atoms. The molecule has 0 radical (unpaired) electrons. The topological polar surface area (TPSA) is 41.5 Å². The van der Waals surface area contributed by atoms with Crippen molar-refractivity contribution in [1.82, 2.24) is 5.32 Å². The Kier molecular flexibility index (Phi) is 2.86. The van der Waals surface area contributed by atoms with E-state index in [2.05, 4.69) is 5.32 Å². The molecule has 3 nitrogen and oxygen atoms in total. The van der Waals surface area contributed by atoms with Crippen LogP contribution >= 0.6 is 0 Å². The highest BCUT2D eigenvalue weighted by Gasteiger charge is 2.36. The second-order valence-corrected chi connectivity index (χ2v) is 4.25. The van der Waals surface area contributed by atoms with Crippen LogP contribution in [0.25, 0.3) is 0 Å². The number of aliphatic hydroxyl groups is 1. The summed E-state index contributed by atoms with van der Waals surface area (Å²) in [5.74, 6) is 0.512. The van der Waals surface area contributed by atoms with E-state index in [1.807, 2.05) is 0 Å². The fourth-order valence-corrected chi connectivity index (χ4v) is 2.35. The smallest absolute Gasteiger partial charge is 0.119 e. The molecule has 2 N–H and O–H groups in total. The zero-order valence-corrected chi connectivity index (χ0v) is 8.09. The molecule has 1 aliphatic heterocycles. The van der Waals surface area contributed by atoms with Crippen molar-refractivity contribution in [2.24, 2.45) is 5.92 Å². The summed E-state index contributed by atoms with van der Waals surface area (Å²) in [5, 5.41) is 12.5. The lowest BCUT2D eigenvalue weighted by molar-refractivity contribution is -0.124. The lowest BCUT2D eigenvalue weighted by Crippen LogP contribution is -2.53. The van der Waals surface area contributed by atoms with Gasteiger partial charge < -0.3 is 9.84 Å². The summed E-state index contributed by atoms with van der Waals surface area (Å²) in [7, 11) is 0. The lowest BCUT2D eigenvalue weighted by atomic mass is 9.83. The van der Waals surface area contributed by atoms with Crippen LogP contribution in [0.15, 0.2) is 0 Å². The highest BCUT2D eigenvalue weighted by atomic mass is 16.5. The van der Waals surface area contributed by atoms with E-state index < -0.39 is 0 Å². The summed E-state index contributed by atoms with van der Waals surface area (Å²) in [6, 6.07) is 0. The van der Waals surface area contributed by atoms with E-state index in [0.29, 0.717) is 12.5 Å². The van der Waals surface area contributed by atoms with Crippen LogP contribution in [0.5, 0.6) is 0 Å². The fraction of sp³-hybridized carbons (Fsp3) is 1.00. The van der Waals surface area contributed by atoms with Gasteiger partial charge in [0.1, 0.15) is 5.72 Å². The summed E-state index contributed by atoms with van der Waals surface area (Å²) in [5.41, 5.74) is -0.0239. The Hall–Kier alpha value is -0.120. The summed E-state index contributed by atoms with van der Waals surface area (Å²) in [4.78, 5) is 0. The molecule has 2 fully saturated rings. The summed E-state index contributed by atoms with van der Waals surface area (Å²) in [6.45, 7) is 2.33. The van der Waals surface area contributed by atoms with Crippen LogP contribution in [0.4, 0.5) is 0 Å². The first-order valence-corrected chi connectivity index (χ1v) is 5.34. The highest BCUT2D eigenvalue weighted by Crippen LogP contribution is 2.34. The third-order valence-corrected chi connectivity index (χ3v) is 3.32. The third-order valence-electron chi connectivity index (χ3n) is 3.32. The van der Waals surface area contributed by atoms with E-state index in [1.54, 1.807) is 0 Å². The van der Waals surface area contributed by atoms with Gasteiger partial charge >= 0.3 is 0 Å². The molecular weight excluding hydrogens is 166 g/mol. The summed E-state index contributed by atoms with van der Waals surface area (Å²) >= 11 is 0. The molecule has 0 unspecified atom stereocenters. The fourth-order valence-electron chi connectivity index (χ4n) is 2.35. The Balaban J connectivity index is 1.87. The van der Waals surface area contributed by atoms with E-state index >= 15 is 0 Å². The predicted octanol–water partition coefficient (Wildman–Crippen LogP) is 0.875. The average molecular weight is 185 g/mol. The van der Waals surface area contributed by atoms with Crippen molar-refractivity contribution in [2.75, 3.05) is 19.8 Å². The van der Waals surface area contributed by atoms with Gasteiger partial charge in [0.2, 0.25) is 0 Å². The van der Waals surface area contributed by atoms with Crippen LogP contribution in [-0.4, -0.2) is 30.6 Å². The van der Waals surface area contributed by atoms with Crippen LogP contribution in [0.2, 0.25) is 0 Å².